The van der Waals surface area contributed by atoms with Crippen LogP contribution in [0.2, 0.25) is 0 Å². The summed E-state index contributed by atoms with van der Waals surface area (Å²) in [7, 11) is 0. The summed E-state index contributed by atoms with van der Waals surface area (Å²) >= 11 is 0. The normalized spacial score (nSPS) is 16.0. The zero-order chi connectivity index (χ0) is 10.1. The highest BCUT2D eigenvalue weighted by Crippen LogP contribution is 2.27. The van der Waals surface area contributed by atoms with Crippen LogP contribution in [0.3, 0.4) is 0 Å². The lowest BCUT2D eigenvalue weighted by Crippen LogP contribution is -1.97. The van der Waals surface area contributed by atoms with Gasteiger partial charge in [0.1, 0.15) is 0 Å². The van der Waals surface area contributed by atoms with E-state index in [0.29, 0.717) is 0 Å². The second-order valence-corrected chi connectivity index (χ2v) is 4.49. The second kappa shape index (κ2) is 3.69. The van der Waals surface area contributed by atoms with Crippen molar-refractivity contribution in [1.82, 2.24) is 0 Å². The van der Waals surface area contributed by atoms with Gasteiger partial charge in [0.15, 0.2) is 0 Å². The highest BCUT2D eigenvalue weighted by molar-refractivity contribution is 5.89. The maximum absolute atomic E-state index is 2.30. The van der Waals surface area contributed by atoms with Crippen LogP contribution in [0.4, 0.5) is 0 Å². The Hall–Kier alpha value is -1.30. The number of aryl methyl sites for hydroxylation is 2. The molecule has 0 aromatic heterocycles. The lowest BCUT2D eigenvalue weighted by Gasteiger charge is -2.14. The Morgan fingerprint density at radius 1 is 0.667 bits per heavy atom. The third-order valence-electron chi connectivity index (χ3n) is 3.47. The predicted molar refractivity (Wildman–Crippen MR) is 65.2 cm³/mol. The fraction of sp³-hybridized carbons (Fsp3) is 0.333. The van der Waals surface area contributed by atoms with Crippen LogP contribution >= 0.6 is 0 Å². The first-order valence-electron chi connectivity index (χ1n) is 5.95. The molecule has 0 N–H and O–H groups in total. The highest BCUT2D eigenvalue weighted by Gasteiger charge is 2.08. The Bertz CT molecular complexity index is 442. The Morgan fingerprint density at radius 2 is 1.27 bits per heavy atom. The quantitative estimate of drug-likeness (QED) is 0.595. The van der Waals surface area contributed by atoms with Crippen LogP contribution in [0.5, 0.6) is 0 Å². The summed E-state index contributed by atoms with van der Waals surface area (Å²) in [4.78, 5) is 0. The largest absolute Gasteiger partial charge is 0.0614 e. The van der Waals surface area contributed by atoms with E-state index in [9.17, 15) is 0 Å². The van der Waals surface area contributed by atoms with Gasteiger partial charge in [-0.15, -0.1) is 0 Å². The zero-order valence-corrected chi connectivity index (χ0v) is 9.00. The van der Waals surface area contributed by atoms with Gasteiger partial charge < -0.3 is 0 Å². The van der Waals surface area contributed by atoms with Crippen molar-refractivity contribution in [3.05, 3.63) is 47.5 Å². The monoisotopic (exact) mass is 196 g/mol. The van der Waals surface area contributed by atoms with Crippen molar-refractivity contribution in [2.75, 3.05) is 0 Å². The standard InChI is InChI=1S/C15H16/c1-2-6-12-8-4-10-14-11-5-9-13(7-3-1)15(12)14/h4-5,8-11H,1-3,6-7H2. The van der Waals surface area contributed by atoms with Crippen molar-refractivity contribution in [2.24, 2.45) is 0 Å². The molecule has 0 bridgehead atoms. The number of benzene rings is 2. The van der Waals surface area contributed by atoms with E-state index < -0.39 is 0 Å². The van der Waals surface area contributed by atoms with Gasteiger partial charge in [0.25, 0.3) is 0 Å². The Kier molecular flexibility index (Phi) is 2.21. The van der Waals surface area contributed by atoms with Crippen LogP contribution in [0.15, 0.2) is 36.4 Å². The molecule has 2 aromatic carbocycles. The molecule has 0 nitrogen and oxygen atoms in total. The molecular weight excluding hydrogens is 180 g/mol. The van der Waals surface area contributed by atoms with Crippen molar-refractivity contribution in [2.45, 2.75) is 32.1 Å². The first-order chi connectivity index (χ1) is 7.45. The second-order valence-electron chi connectivity index (χ2n) is 4.49. The molecule has 0 atom stereocenters. The van der Waals surface area contributed by atoms with E-state index >= 15 is 0 Å². The van der Waals surface area contributed by atoms with Gasteiger partial charge in [0.05, 0.1) is 0 Å². The fourth-order valence-electron chi connectivity index (χ4n) is 2.73. The Morgan fingerprint density at radius 3 is 1.87 bits per heavy atom. The summed E-state index contributed by atoms with van der Waals surface area (Å²) in [5.41, 5.74) is 3.12. The maximum Gasteiger partial charge on any atom is -0.0120 e. The van der Waals surface area contributed by atoms with Crippen molar-refractivity contribution in [3.63, 3.8) is 0 Å². The molecule has 3 rings (SSSR count). The lowest BCUT2D eigenvalue weighted by molar-refractivity contribution is 0.673. The molecule has 0 radical (unpaired) electrons. The van der Waals surface area contributed by atoms with Crippen molar-refractivity contribution in [1.29, 1.82) is 0 Å². The van der Waals surface area contributed by atoms with Crippen LogP contribution in [0.1, 0.15) is 30.4 Å². The van der Waals surface area contributed by atoms with Gasteiger partial charge in [-0.1, -0.05) is 42.8 Å². The van der Waals surface area contributed by atoms with E-state index in [1.165, 1.54) is 37.5 Å². The van der Waals surface area contributed by atoms with E-state index in [1.807, 2.05) is 0 Å². The molecule has 1 aliphatic carbocycles. The van der Waals surface area contributed by atoms with Crippen LogP contribution in [0, 0.1) is 0 Å². The zero-order valence-electron chi connectivity index (χ0n) is 9.00. The molecule has 0 amide bonds. The van der Waals surface area contributed by atoms with Crippen LogP contribution in [-0.2, 0) is 12.8 Å². The summed E-state index contributed by atoms with van der Waals surface area (Å²) in [5, 5.41) is 2.96. The maximum atomic E-state index is 2.30. The van der Waals surface area contributed by atoms with Crippen molar-refractivity contribution < 1.29 is 0 Å². The highest BCUT2D eigenvalue weighted by atomic mass is 14.1. The molecule has 0 aliphatic heterocycles. The molecule has 0 unspecified atom stereocenters. The topological polar surface area (TPSA) is 0 Å². The summed E-state index contributed by atoms with van der Waals surface area (Å²) in [6, 6.07) is 13.5. The van der Waals surface area contributed by atoms with Crippen molar-refractivity contribution in [3.8, 4) is 0 Å². The molecule has 0 spiro atoms. The van der Waals surface area contributed by atoms with E-state index in [2.05, 4.69) is 36.4 Å². The van der Waals surface area contributed by atoms with Crippen molar-refractivity contribution >= 4 is 10.8 Å². The number of rotatable bonds is 0. The number of hydrogen-bond donors (Lipinski definition) is 0. The predicted octanol–water partition coefficient (Wildman–Crippen LogP) is 4.11. The average Bonchev–Trinajstić information content (AvgIpc) is 2.25. The van der Waals surface area contributed by atoms with E-state index in [0.717, 1.165) is 0 Å². The van der Waals surface area contributed by atoms with Gasteiger partial charge in [0, 0.05) is 0 Å². The molecule has 0 heterocycles. The van der Waals surface area contributed by atoms with Gasteiger partial charge >= 0.3 is 0 Å². The minimum Gasteiger partial charge on any atom is -0.0614 e. The minimum atomic E-state index is 1.26. The van der Waals surface area contributed by atoms with E-state index in [1.54, 1.807) is 16.5 Å². The first-order valence-corrected chi connectivity index (χ1v) is 5.95. The molecule has 76 valence electrons. The van der Waals surface area contributed by atoms with E-state index in [4.69, 9.17) is 0 Å². The van der Waals surface area contributed by atoms with E-state index in [-0.39, 0.29) is 0 Å². The third kappa shape index (κ3) is 1.54. The Balaban J connectivity index is 2.32. The van der Waals surface area contributed by atoms with Gasteiger partial charge in [0.2, 0.25) is 0 Å². The SMILES string of the molecule is c1cc2c3c(cccc3c1)CCCCC2. The summed E-state index contributed by atoms with van der Waals surface area (Å²) < 4.78 is 0. The minimum absolute atomic E-state index is 1.26. The van der Waals surface area contributed by atoms with Crippen LogP contribution in [-0.4, -0.2) is 0 Å². The van der Waals surface area contributed by atoms with Gasteiger partial charge in [-0.2, -0.15) is 0 Å². The smallest absolute Gasteiger partial charge is 0.0120 e. The van der Waals surface area contributed by atoms with Gasteiger partial charge in [-0.25, -0.2) is 0 Å². The molecule has 0 heteroatoms. The molecule has 2 aromatic rings. The van der Waals surface area contributed by atoms with Crippen LogP contribution < -0.4 is 0 Å². The molecule has 1 aliphatic rings. The summed E-state index contributed by atoms with van der Waals surface area (Å²) in [6.45, 7) is 0. The fourth-order valence-corrected chi connectivity index (χ4v) is 2.73. The summed E-state index contributed by atoms with van der Waals surface area (Å²) in [5.74, 6) is 0. The Labute approximate surface area is 90.9 Å². The number of hydrogen-bond acceptors (Lipinski definition) is 0. The molecule has 0 fully saturated rings. The summed E-state index contributed by atoms with van der Waals surface area (Å²) in [6.07, 6.45) is 6.61. The molecule has 15 heavy (non-hydrogen) atoms. The lowest BCUT2D eigenvalue weighted by atomic mass is 9.90. The van der Waals surface area contributed by atoms with Gasteiger partial charge in [-0.3, -0.25) is 0 Å². The average molecular weight is 196 g/mol. The molecule has 0 saturated carbocycles. The third-order valence-corrected chi connectivity index (χ3v) is 3.47. The first kappa shape index (κ1) is 8.96. The van der Waals surface area contributed by atoms with Gasteiger partial charge in [-0.05, 0) is 47.6 Å². The van der Waals surface area contributed by atoms with Crippen LogP contribution in [0.25, 0.3) is 10.8 Å². The molecule has 0 saturated heterocycles. The molecular formula is C15H16.